The second-order valence-corrected chi connectivity index (χ2v) is 20.0. The number of unbranched alkanes of at least 4 members (excludes halogenated alkanes) is 6. The summed E-state index contributed by atoms with van der Waals surface area (Å²) in [7, 11) is 9.86. The van der Waals surface area contributed by atoms with E-state index in [9.17, 15) is 0 Å². The molecule has 4 aromatic carbocycles. The molecule has 4 aromatic rings. The van der Waals surface area contributed by atoms with Crippen molar-refractivity contribution in [3.8, 4) is 0 Å². The maximum atomic E-state index is 4.89. The molecule has 0 spiro atoms. The Labute approximate surface area is 284 Å². The molecule has 0 saturated carbocycles. The van der Waals surface area contributed by atoms with Gasteiger partial charge in [-0.05, 0) is 49.3 Å². The van der Waals surface area contributed by atoms with Gasteiger partial charge < -0.3 is 0 Å². The van der Waals surface area contributed by atoms with Crippen molar-refractivity contribution in [2.24, 2.45) is 11.8 Å². The van der Waals surface area contributed by atoms with E-state index in [1.165, 1.54) is 97.6 Å². The van der Waals surface area contributed by atoms with Gasteiger partial charge in [0.1, 0.15) is 0 Å². The van der Waals surface area contributed by atoms with E-state index in [1.807, 2.05) is 0 Å². The zero-order valence-corrected chi connectivity index (χ0v) is 32.6. The van der Waals surface area contributed by atoms with Crippen molar-refractivity contribution in [1.82, 2.24) is 0 Å². The van der Waals surface area contributed by atoms with E-state index in [0.29, 0.717) is 0 Å². The Morgan fingerprint density at radius 1 is 0.605 bits per heavy atom. The molecule has 0 atom stereocenters. The van der Waals surface area contributed by atoms with Gasteiger partial charge in [-0.25, -0.2) is 0 Å². The van der Waals surface area contributed by atoms with Crippen LogP contribution in [0.3, 0.4) is 0 Å². The minimum absolute atomic E-state index is 0.0185. The van der Waals surface area contributed by atoms with Crippen LogP contribution in [0.2, 0.25) is 0 Å². The molecule has 0 aliphatic carbocycles. The Morgan fingerprint density at radius 3 is 1.37 bits per heavy atom. The van der Waals surface area contributed by atoms with Gasteiger partial charge in [0.25, 0.3) is 0 Å². The fourth-order valence-corrected chi connectivity index (χ4v) is 11.2. The van der Waals surface area contributed by atoms with Gasteiger partial charge in [-0.2, -0.15) is 12.1 Å². The zero-order chi connectivity index (χ0) is 31.5. The third-order valence-corrected chi connectivity index (χ3v) is 13.7. The first kappa shape index (κ1) is 39.0. The third kappa shape index (κ3) is 15.3. The van der Waals surface area contributed by atoms with E-state index >= 15 is 0 Å². The fraction of sp³-hybridized carbons (Fsp3) is 0.526. The van der Waals surface area contributed by atoms with E-state index in [2.05, 4.69) is 114 Å². The van der Waals surface area contributed by atoms with Gasteiger partial charge in [-0.1, -0.05) is 108 Å². The van der Waals surface area contributed by atoms with E-state index in [0.717, 1.165) is 11.8 Å². The van der Waals surface area contributed by atoms with Crippen molar-refractivity contribution in [3.63, 3.8) is 0 Å². The molecule has 0 heterocycles. The normalized spacial score (nSPS) is 11.3. The van der Waals surface area contributed by atoms with Crippen LogP contribution >= 0.6 is 34.5 Å². The zero-order valence-electron chi connectivity index (χ0n) is 27.7. The van der Waals surface area contributed by atoms with Gasteiger partial charge in [-0.15, -0.1) is 80.7 Å². The summed E-state index contributed by atoms with van der Waals surface area (Å²) >= 11 is -0.556. The standard InChI is InChI=1S/C21H32P.C17H24P.2ClH.Ti/c1-3-5-7-11-15-22(16-12-8-6-4-2)21-17-19-13-9-10-14-20(19)18-21;1-13(2)11-18(12-14(3)4)17-9-15-7-5-6-8-16(15)10-17;;;/h9-10,13-14,17-18H,3-8,11-12,15-16H2,1-2H3;5-10,13-14H,11-12H2,1-4H3;2*1H;/q2*-1;;;+2/p-2. The van der Waals surface area contributed by atoms with E-state index < -0.39 is 17.0 Å². The predicted octanol–water partition coefficient (Wildman–Crippen LogP) is 13.2. The van der Waals surface area contributed by atoms with Gasteiger partial charge in [0.05, 0.1) is 0 Å². The molecule has 4 rings (SSSR count). The van der Waals surface area contributed by atoms with E-state index in [1.54, 1.807) is 10.6 Å². The Bertz CT molecular complexity index is 1160. The molecule has 0 aliphatic heterocycles. The summed E-state index contributed by atoms with van der Waals surface area (Å²) in [6.07, 6.45) is 16.8. The van der Waals surface area contributed by atoms with Gasteiger partial charge in [0.15, 0.2) is 0 Å². The van der Waals surface area contributed by atoms with E-state index in [4.69, 9.17) is 18.6 Å². The van der Waals surface area contributed by atoms with Crippen LogP contribution in [0.1, 0.15) is 92.9 Å². The molecule has 43 heavy (non-hydrogen) atoms. The van der Waals surface area contributed by atoms with Crippen molar-refractivity contribution in [1.29, 1.82) is 0 Å². The van der Waals surface area contributed by atoms with Crippen LogP contribution in [0, 0.1) is 11.8 Å². The Kier molecular flexibility index (Phi) is 21.0. The summed E-state index contributed by atoms with van der Waals surface area (Å²) in [4.78, 5) is 0. The topological polar surface area (TPSA) is 0 Å². The molecule has 0 radical (unpaired) electrons. The van der Waals surface area contributed by atoms with Crippen LogP contribution in [0.25, 0.3) is 21.5 Å². The predicted molar refractivity (Wildman–Crippen MR) is 201 cm³/mol. The number of rotatable bonds is 16. The molecule has 0 saturated heterocycles. The quantitative estimate of drug-likeness (QED) is 0.0474. The van der Waals surface area contributed by atoms with Gasteiger partial charge >= 0.3 is 35.6 Å². The number of halogens is 2. The average Bonchev–Trinajstić information content (AvgIpc) is 3.61. The summed E-state index contributed by atoms with van der Waals surface area (Å²) < 4.78 is 0. The third-order valence-electron chi connectivity index (χ3n) is 7.67. The van der Waals surface area contributed by atoms with Crippen LogP contribution in [0.5, 0.6) is 0 Å². The summed E-state index contributed by atoms with van der Waals surface area (Å²) in [5, 5.41) is 8.96. The number of fused-ring (bicyclic) bond motifs is 2. The molecule has 0 aromatic heterocycles. The molecular formula is C38H56Cl2P2Ti-2. The molecule has 0 unspecified atom stereocenters. The van der Waals surface area contributed by atoms with Gasteiger partial charge in [-0.3, -0.25) is 0 Å². The molecule has 0 bridgehead atoms. The van der Waals surface area contributed by atoms with Crippen LogP contribution in [0.15, 0.2) is 72.8 Å². The summed E-state index contributed by atoms with van der Waals surface area (Å²) in [5.41, 5.74) is 0. The second kappa shape index (κ2) is 23.2. The Hall–Kier alpha value is -0.186. The maximum absolute atomic E-state index is 4.89. The molecular weight excluding hydrogens is 637 g/mol. The van der Waals surface area contributed by atoms with Crippen LogP contribution < -0.4 is 10.6 Å². The molecule has 0 nitrogen and oxygen atoms in total. The minimum atomic E-state index is -0.556. The molecule has 238 valence electrons. The number of hydrogen-bond donors (Lipinski definition) is 0. The average molecular weight is 694 g/mol. The fourth-order valence-electron chi connectivity index (χ4n) is 5.63. The second-order valence-electron chi connectivity index (χ2n) is 12.6. The van der Waals surface area contributed by atoms with Crippen molar-refractivity contribution in [2.75, 3.05) is 24.6 Å². The first-order chi connectivity index (χ1) is 20.8. The monoisotopic (exact) mass is 692 g/mol. The first-order valence-corrected chi connectivity index (χ1v) is 24.3. The summed E-state index contributed by atoms with van der Waals surface area (Å²) in [6.45, 7) is 14.0. The Morgan fingerprint density at radius 2 is 1.00 bits per heavy atom. The van der Waals surface area contributed by atoms with Crippen molar-refractivity contribution in [3.05, 3.63) is 72.8 Å². The molecule has 5 heteroatoms. The van der Waals surface area contributed by atoms with E-state index in [-0.39, 0.29) is 15.8 Å². The van der Waals surface area contributed by atoms with Crippen LogP contribution in [-0.2, 0) is 17.0 Å². The summed E-state index contributed by atoms with van der Waals surface area (Å²) in [5.74, 6) is 1.60. The number of benzene rings is 2. The van der Waals surface area contributed by atoms with Gasteiger partial charge in [0.2, 0.25) is 0 Å². The van der Waals surface area contributed by atoms with Crippen LogP contribution in [0.4, 0.5) is 0 Å². The van der Waals surface area contributed by atoms with Gasteiger partial charge in [0, 0.05) is 0 Å². The molecule has 0 fully saturated rings. The number of hydrogen-bond acceptors (Lipinski definition) is 0. The molecule has 0 N–H and O–H groups in total. The van der Waals surface area contributed by atoms with Crippen molar-refractivity contribution in [2.45, 2.75) is 92.9 Å². The Balaban J connectivity index is 0.000000279. The first-order valence-electron chi connectivity index (χ1n) is 16.6. The van der Waals surface area contributed by atoms with Crippen LogP contribution in [-0.4, -0.2) is 24.6 Å². The van der Waals surface area contributed by atoms with Crippen molar-refractivity contribution < 1.29 is 17.0 Å². The molecule has 0 amide bonds. The SMILES string of the molecule is CC(C)CP(CC(C)C)c1cc2ccccc2[cH-]1.CCCCCCP(CCCCCC)c1cc2ccccc2[cH-]1.[Cl][Ti][Cl]. The molecule has 0 aliphatic rings. The summed E-state index contributed by atoms with van der Waals surface area (Å²) in [6, 6.07) is 27.4. The van der Waals surface area contributed by atoms with Crippen molar-refractivity contribution >= 4 is 66.6 Å².